The largest absolute Gasteiger partial charge is 0.378 e. The van der Waals surface area contributed by atoms with Crippen LogP contribution < -0.4 is 5.73 Å². The van der Waals surface area contributed by atoms with Crippen molar-refractivity contribution in [2.75, 3.05) is 26.3 Å². The van der Waals surface area contributed by atoms with Gasteiger partial charge in [-0.05, 0) is 25.9 Å². The summed E-state index contributed by atoms with van der Waals surface area (Å²) in [5, 5.41) is 0. The maximum atomic E-state index is 5.89. The molecule has 0 aromatic carbocycles. The summed E-state index contributed by atoms with van der Waals surface area (Å²) < 4.78 is 5.32. The molecule has 0 aliphatic carbocycles. The van der Waals surface area contributed by atoms with Crippen molar-refractivity contribution in [3.8, 4) is 0 Å². The number of hydrogen-bond donors (Lipinski definition) is 1. The maximum absolute atomic E-state index is 5.89. The van der Waals surface area contributed by atoms with Crippen molar-refractivity contribution < 1.29 is 4.74 Å². The van der Waals surface area contributed by atoms with Gasteiger partial charge in [-0.1, -0.05) is 0 Å². The third-order valence-corrected chi connectivity index (χ3v) is 2.70. The van der Waals surface area contributed by atoms with Gasteiger partial charge in [-0.2, -0.15) is 0 Å². The van der Waals surface area contributed by atoms with Crippen molar-refractivity contribution in [1.29, 1.82) is 0 Å². The van der Waals surface area contributed by atoms with Crippen LogP contribution in [0.5, 0.6) is 0 Å². The molecule has 2 fully saturated rings. The minimum absolute atomic E-state index is 0.257. The van der Waals surface area contributed by atoms with Crippen LogP contribution in [0.3, 0.4) is 0 Å². The van der Waals surface area contributed by atoms with Crippen molar-refractivity contribution in [2.24, 2.45) is 5.73 Å². The minimum Gasteiger partial charge on any atom is -0.378 e. The Labute approximate surface area is 67.5 Å². The number of nitrogens with zero attached hydrogens (tertiary/aromatic N) is 1. The van der Waals surface area contributed by atoms with Gasteiger partial charge in [0.25, 0.3) is 0 Å². The van der Waals surface area contributed by atoms with Gasteiger partial charge < -0.3 is 10.5 Å². The van der Waals surface area contributed by atoms with Gasteiger partial charge in [0.1, 0.15) is 0 Å². The molecular formula is C8H16N2O. The van der Waals surface area contributed by atoms with Gasteiger partial charge in [0.15, 0.2) is 0 Å². The van der Waals surface area contributed by atoms with E-state index in [0.717, 1.165) is 13.2 Å². The molecule has 11 heavy (non-hydrogen) atoms. The topological polar surface area (TPSA) is 38.5 Å². The molecule has 2 saturated heterocycles. The molecule has 0 spiro atoms. The molecule has 0 amide bonds. The number of hydrogen-bond acceptors (Lipinski definition) is 3. The van der Waals surface area contributed by atoms with E-state index in [2.05, 4.69) is 4.90 Å². The summed E-state index contributed by atoms with van der Waals surface area (Å²) in [7, 11) is 0. The lowest BCUT2D eigenvalue weighted by Crippen LogP contribution is -2.45. The van der Waals surface area contributed by atoms with Crippen LogP contribution in [0.4, 0.5) is 0 Å². The van der Waals surface area contributed by atoms with E-state index < -0.39 is 0 Å². The fourth-order valence-corrected chi connectivity index (χ4v) is 2.01. The fourth-order valence-electron chi connectivity index (χ4n) is 2.01. The molecule has 0 aromatic heterocycles. The van der Waals surface area contributed by atoms with E-state index in [9.17, 15) is 0 Å². The minimum atomic E-state index is 0.257. The van der Waals surface area contributed by atoms with Crippen LogP contribution in [0, 0.1) is 0 Å². The Morgan fingerprint density at radius 3 is 2.45 bits per heavy atom. The zero-order valence-electron chi connectivity index (χ0n) is 6.83. The van der Waals surface area contributed by atoms with Gasteiger partial charge in [-0.25, -0.2) is 0 Å². The second-order valence-corrected chi connectivity index (χ2v) is 3.51. The van der Waals surface area contributed by atoms with Gasteiger partial charge >= 0.3 is 0 Å². The van der Waals surface area contributed by atoms with Crippen molar-refractivity contribution in [1.82, 2.24) is 4.90 Å². The molecular weight excluding hydrogens is 140 g/mol. The lowest BCUT2D eigenvalue weighted by atomic mass is 10.1. The SMILES string of the molecule is N[C@H]1COC[C@@H]1N1CCCC1. The first-order chi connectivity index (χ1) is 5.38. The first-order valence-corrected chi connectivity index (χ1v) is 4.45. The van der Waals surface area contributed by atoms with Crippen LogP contribution in [0.25, 0.3) is 0 Å². The molecule has 3 heteroatoms. The molecule has 2 rings (SSSR count). The van der Waals surface area contributed by atoms with Crippen molar-refractivity contribution in [3.63, 3.8) is 0 Å². The molecule has 3 nitrogen and oxygen atoms in total. The van der Waals surface area contributed by atoms with Gasteiger partial charge in [-0.3, -0.25) is 4.90 Å². The fraction of sp³-hybridized carbons (Fsp3) is 1.00. The Balaban J connectivity index is 1.92. The number of likely N-dealkylation sites (tertiary alicyclic amines) is 1. The van der Waals surface area contributed by atoms with Crippen molar-refractivity contribution in [2.45, 2.75) is 24.9 Å². The quantitative estimate of drug-likeness (QED) is 0.572. The lowest BCUT2D eigenvalue weighted by Gasteiger charge is -2.24. The summed E-state index contributed by atoms with van der Waals surface area (Å²) in [6.45, 7) is 4.05. The van der Waals surface area contributed by atoms with Crippen LogP contribution >= 0.6 is 0 Å². The normalized spacial score (nSPS) is 40.1. The van der Waals surface area contributed by atoms with Gasteiger partial charge in [0.2, 0.25) is 0 Å². The highest BCUT2D eigenvalue weighted by molar-refractivity contribution is 4.88. The highest BCUT2D eigenvalue weighted by atomic mass is 16.5. The molecule has 0 bridgehead atoms. The first-order valence-electron chi connectivity index (χ1n) is 4.45. The zero-order valence-corrected chi connectivity index (χ0v) is 6.83. The maximum Gasteiger partial charge on any atom is 0.0638 e. The smallest absolute Gasteiger partial charge is 0.0638 e. The Kier molecular flexibility index (Phi) is 2.11. The van der Waals surface area contributed by atoms with Crippen LogP contribution in [-0.4, -0.2) is 43.3 Å². The number of rotatable bonds is 1. The molecule has 0 unspecified atom stereocenters. The van der Waals surface area contributed by atoms with Gasteiger partial charge in [0.05, 0.1) is 19.3 Å². The van der Waals surface area contributed by atoms with Crippen LogP contribution in [0.1, 0.15) is 12.8 Å². The van der Waals surface area contributed by atoms with E-state index in [1.54, 1.807) is 0 Å². The van der Waals surface area contributed by atoms with Crippen LogP contribution in [-0.2, 0) is 4.74 Å². The summed E-state index contributed by atoms with van der Waals surface area (Å²) in [6, 6.07) is 0.769. The molecule has 2 heterocycles. The summed E-state index contributed by atoms with van der Waals surface area (Å²) in [4.78, 5) is 2.47. The third kappa shape index (κ3) is 1.41. The van der Waals surface area contributed by atoms with E-state index in [1.165, 1.54) is 25.9 Å². The van der Waals surface area contributed by atoms with Gasteiger partial charge in [0, 0.05) is 6.04 Å². The zero-order chi connectivity index (χ0) is 7.68. The van der Waals surface area contributed by atoms with E-state index in [-0.39, 0.29) is 6.04 Å². The van der Waals surface area contributed by atoms with E-state index in [1.807, 2.05) is 0 Å². The molecule has 2 aliphatic rings. The number of ether oxygens (including phenoxy) is 1. The molecule has 2 N–H and O–H groups in total. The second-order valence-electron chi connectivity index (χ2n) is 3.51. The second kappa shape index (κ2) is 3.09. The highest BCUT2D eigenvalue weighted by Crippen LogP contribution is 2.17. The predicted octanol–water partition coefficient (Wildman–Crippen LogP) is -0.192. The molecule has 64 valence electrons. The van der Waals surface area contributed by atoms with Crippen LogP contribution in [0.15, 0.2) is 0 Å². The standard InChI is InChI=1S/C8H16N2O/c9-7-5-11-6-8(7)10-3-1-2-4-10/h7-8H,1-6,9H2/t7-,8-/m0/s1. The molecule has 0 saturated carbocycles. The first kappa shape index (κ1) is 7.53. The Morgan fingerprint density at radius 1 is 1.18 bits per heavy atom. The van der Waals surface area contributed by atoms with Crippen molar-refractivity contribution >= 4 is 0 Å². The van der Waals surface area contributed by atoms with Crippen molar-refractivity contribution in [3.05, 3.63) is 0 Å². The Hall–Kier alpha value is -0.120. The average Bonchev–Trinajstić information content (AvgIpc) is 2.55. The van der Waals surface area contributed by atoms with E-state index in [4.69, 9.17) is 10.5 Å². The predicted molar refractivity (Wildman–Crippen MR) is 43.4 cm³/mol. The van der Waals surface area contributed by atoms with Crippen LogP contribution in [0.2, 0.25) is 0 Å². The van der Waals surface area contributed by atoms with Gasteiger partial charge in [-0.15, -0.1) is 0 Å². The highest BCUT2D eigenvalue weighted by Gasteiger charge is 2.31. The lowest BCUT2D eigenvalue weighted by molar-refractivity contribution is 0.159. The average molecular weight is 156 g/mol. The third-order valence-electron chi connectivity index (χ3n) is 2.70. The summed E-state index contributed by atoms with van der Waals surface area (Å²) in [5.41, 5.74) is 5.89. The Morgan fingerprint density at radius 2 is 1.91 bits per heavy atom. The monoisotopic (exact) mass is 156 g/mol. The number of nitrogens with two attached hydrogens (primary N) is 1. The molecule has 0 aromatic rings. The van der Waals surface area contributed by atoms with E-state index in [0.29, 0.717) is 6.04 Å². The molecule has 2 atom stereocenters. The molecule has 2 aliphatic heterocycles. The van der Waals surface area contributed by atoms with E-state index >= 15 is 0 Å². The molecule has 0 radical (unpaired) electrons. The Bertz CT molecular complexity index is 134. The summed E-state index contributed by atoms with van der Waals surface area (Å²) in [6.07, 6.45) is 2.67. The summed E-state index contributed by atoms with van der Waals surface area (Å²) >= 11 is 0. The summed E-state index contributed by atoms with van der Waals surface area (Å²) in [5.74, 6) is 0.